The fourth-order valence-corrected chi connectivity index (χ4v) is 2.32. The quantitative estimate of drug-likeness (QED) is 0.691. The molecule has 0 N–H and O–H groups in total. The minimum Gasteiger partial charge on any atom is -0.285 e. The average Bonchev–Trinajstić information content (AvgIpc) is 2.97. The predicted molar refractivity (Wildman–Crippen MR) is 80.7 cm³/mol. The van der Waals surface area contributed by atoms with Gasteiger partial charge in [-0.05, 0) is 43.2 Å². The number of hydrogen-bond acceptors (Lipinski definition) is 3. The maximum absolute atomic E-state index is 12.7. The van der Waals surface area contributed by atoms with Crippen LogP contribution in [-0.4, -0.2) is 20.5 Å². The summed E-state index contributed by atoms with van der Waals surface area (Å²) < 4.78 is 1.64. The molecule has 0 aliphatic rings. The van der Waals surface area contributed by atoms with Crippen LogP contribution in [0.1, 0.15) is 27.3 Å². The first-order valence-electron chi connectivity index (χ1n) is 6.74. The molecule has 0 saturated heterocycles. The van der Waals surface area contributed by atoms with Gasteiger partial charge in [-0.25, -0.2) is 4.68 Å². The fourth-order valence-electron chi connectivity index (χ4n) is 2.32. The van der Waals surface area contributed by atoms with Gasteiger partial charge in [0.25, 0.3) is 0 Å². The number of hydrogen-bond donors (Lipinski definition) is 0. The Labute approximate surface area is 123 Å². The summed E-state index contributed by atoms with van der Waals surface area (Å²) in [6.45, 7) is 3.86. The third kappa shape index (κ3) is 2.48. The van der Waals surface area contributed by atoms with Crippen LogP contribution in [0, 0.1) is 13.8 Å². The van der Waals surface area contributed by atoms with Gasteiger partial charge in [0.1, 0.15) is 11.4 Å². The van der Waals surface area contributed by atoms with Crippen LogP contribution in [0.15, 0.2) is 54.9 Å². The molecule has 4 nitrogen and oxygen atoms in total. The Morgan fingerprint density at radius 1 is 1.10 bits per heavy atom. The van der Waals surface area contributed by atoms with Crippen molar-refractivity contribution in [2.75, 3.05) is 0 Å². The maximum atomic E-state index is 12.7. The van der Waals surface area contributed by atoms with E-state index in [0.29, 0.717) is 11.4 Å². The summed E-state index contributed by atoms with van der Waals surface area (Å²) in [7, 11) is 0. The van der Waals surface area contributed by atoms with E-state index >= 15 is 0 Å². The van der Waals surface area contributed by atoms with E-state index in [9.17, 15) is 4.79 Å². The molecule has 0 aliphatic heterocycles. The molecule has 2 heterocycles. The summed E-state index contributed by atoms with van der Waals surface area (Å²) in [4.78, 5) is 17.0. The molecule has 0 saturated carbocycles. The van der Waals surface area contributed by atoms with Crippen molar-refractivity contribution in [3.05, 3.63) is 77.4 Å². The molecule has 0 unspecified atom stereocenters. The normalized spacial score (nSPS) is 10.6. The molecule has 0 bridgehead atoms. The SMILES string of the molecule is Cc1cnc(C(=O)c2ccnn2-c2ccccc2)c(C)c1. The lowest BCUT2D eigenvalue weighted by Gasteiger charge is -2.08. The van der Waals surface area contributed by atoms with Crippen molar-refractivity contribution >= 4 is 5.78 Å². The van der Waals surface area contributed by atoms with Crippen molar-refractivity contribution in [2.45, 2.75) is 13.8 Å². The number of nitrogens with zero attached hydrogens (tertiary/aromatic N) is 3. The van der Waals surface area contributed by atoms with Crippen molar-refractivity contribution in [3.8, 4) is 5.69 Å². The molecular formula is C17H15N3O. The Hall–Kier alpha value is -2.75. The second-order valence-corrected chi connectivity index (χ2v) is 4.97. The van der Waals surface area contributed by atoms with Gasteiger partial charge in [-0.15, -0.1) is 0 Å². The Morgan fingerprint density at radius 2 is 1.86 bits per heavy atom. The maximum Gasteiger partial charge on any atom is 0.230 e. The molecule has 0 radical (unpaired) electrons. The highest BCUT2D eigenvalue weighted by molar-refractivity contribution is 6.07. The molecule has 0 spiro atoms. The molecule has 21 heavy (non-hydrogen) atoms. The van der Waals surface area contributed by atoms with E-state index < -0.39 is 0 Å². The van der Waals surface area contributed by atoms with E-state index in [-0.39, 0.29) is 5.78 Å². The molecule has 1 aromatic carbocycles. The number of carbonyl (C=O) groups excluding carboxylic acids is 1. The van der Waals surface area contributed by atoms with Gasteiger partial charge in [0.05, 0.1) is 11.9 Å². The summed E-state index contributed by atoms with van der Waals surface area (Å²) in [6.07, 6.45) is 3.34. The van der Waals surface area contributed by atoms with Gasteiger partial charge in [0.2, 0.25) is 5.78 Å². The summed E-state index contributed by atoms with van der Waals surface area (Å²) in [6, 6.07) is 13.3. The second-order valence-electron chi connectivity index (χ2n) is 4.97. The molecule has 0 atom stereocenters. The minimum atomic E-state index is -0.117. The number of aryl methyl sites for hydroxylation is 2. The van der Waals surface area contributed by atoms with E-state index in [1.807, 2.05) is 50.2 Å². The van der Waals surface area contributed by atoms with Crippen LogP contribution in [0.5, 0.6) is 0 Å². The smallest absolute Gasteiger partial charge is 0.230 e. The predicted octanol–water partition coefficient (Wildman–Crippen LogP) is 3.12. The van der Waals surface area contributed by atoms with Crippen LogP contribution < -0.4 is 0 Å². The molecule has 0 amide bonds. The third-order valence-electron chi connectivity index (χ3n) is 3.31. The largest absolute Gasteiger partial charge is 0.285 e. The van der Waals surface area contributed by atoms with Crippen LogP contribution >= 0.6 is 0 Å². The summed E-state index contributed by atoms with van der Waals surface area (Å²) in [5.41, 5.74) is 3.76. The van der Waals surface area contributed by atoms with E-state index in [1.165, 1.54) is 0 Å². The first-order valence-corrected chi connectivity index (χ1v) is 6.74. The number of rotatable bonds is 3. The van der Waals surface area contributed by atoms with Crippen LogP contribution in [-0.2, 0) is 0 Å². The number of ketones is 1. The first-order chi connectivity index (χ1) is 10.2. The number of para-hydroxylation sites is 1. The van der Waals surface area contributed by atoms with Gasteiger partial charge in [0.15, 0.2) is 0 Å². The van der Waals surface area contributed by atoms with Crippen molar-refractivity contribution in [2.24, 2.45) is 0 Å². The summed E-state index contributed by atoms with van der Waals surface area (Å²) >= 11 is 0. The second kappa shape index (κ2) is 5.32. The standard InChI is InChI=1S/C17H15N3O/c1-12-10-13(2)16(18-11-12)17(21)15-8-9-19-20(15)14-6-4-3-5-7-14/h3-11H,1-2H3. The molecular weight excluding hydrogens is 262 g/mol. The van der Waals surface area contributed by atoms with E-state index in [0.717, 1.165) is 16.8 Å². The number of benzene rings is 1. The zero-order chi connectivity index (χ0) is 14.8. The Morgan fingerprint density at radius 3 is 2.57 bits per heavy atom. The topological polar surface area (TPSA) is 47.8 Å². The highest BCUT2D eigenvalue weighted by Crippen LogP contribution is 2.16. The van der Waals surface area contributed by atoms with Crippen LogP contribution in [0.2, 0.25) is 0 Å². The molecule has 2 aromatic heterocycles. The summed E-state index contributed by atoms with van der Waals surface area (Å²) in [5, 5.41) is 4.25. The number of carbonyl (C=O) groups is 1. The molecule has 104 valence electrons. The van der Waals surface area contributed by atoms with Crippen LogP contribution in [0.3, 0.4) is 0 Å². The number of pyridine rings is 1. The van der Waals surface area contributed by atoms with Gasteiger partial charge >= 0.3 is 0 Å². The van der Waals surface area contributed by atoms with Crippen molar-refractivity contribution < 1.29 is 4.79 Å². The zero-order valence-corrected chi connectivity index (χ0v) is 11.9. The third-order valence-corrected chi connectivity index (χ3v) is 3.31. The first kappa shape index (κ1) is 13.2. The molecule has 4 heteroatoms. The van der Waals surface area contributed by atoms with Crippen molar-refractivity contribution in [1.29, 1.82) is 0 Å². The number of aromatic nitrogens is 3. The highest BCUT2D eigenvalue weighted by Gasteiger charge is 2.18. The van der Waals surface area contributed by atoms with E-state index in [2.05, 4.69) is 10.1 Å². The molecule has 0 aliphatic carbocycles. The monoisotopic (exact) mass is 277 g/mol. The Bertz CT molecular complexity index is 791. The highest BCUT2D eigenvalue weighted by atomic mass is 16.1. The lowest BCUT2D eigenvalue weighted by atomic mass is 10.1. The zero-order valence-electron chi connectivity index (χ0n) is 11.9. The van der Waals surface area contributed by atoms with Gasteiger partial charge in [-0.2, -0.15) is 5.10 Å². The summed E-state index contributed by atoms with van der Waals surface area (Å²) in [5.74, 6) is -0.117. The van der Waals surface area contributed by atoms with Crippen molar-refractivity contribution in [1.82, 2.24) is 14.8 Å². The van der Waals surface area contributed by atoms with Gasteiger partial charge in [-0.3, -0.25) is 9.78 Å². The Balaban J connectivity index is 2.06. The lowest BCUT2D eigenvalue weighted by Crippen LogP contribution is -2.12. The lowest BCUT2D eigenvalue weighted by molar-refractivity contribution is 0.102. The molecule has 3 rings (SSSR count). The van der Waals surface area contributed by atoms with Gasteiger partial charge in [-0.1, -0.05) is 24.3 Å². The Kier molecular flexibility index (Phi) is 3.36. The van der Waals surface area contributed by atoms with Gasteiger partial charge < -0.3 is 0 Å². The fraction of sp³-hybridized carbons (Fsp3) is 0.118. The van der Waals surface area contributed by atoms with Crippen LogP contribution in [0.4, 0.5) is 0 Å². The molecule has 0 fully saturated rings. The van der Waals surface area contributed by atoms with Gasteiger partial charge in [0, 0.05) is 6.20 Å². The molecule has 3 aromatic rings. The van der Waals surface area contributed by atoms with E-state index in [1.54, 1.807) is 23.1 Å². The minimum absolute atomic E-state index is 0.117. The van der Waals surface area contributed by atoms with Crippen LogP contribution in [0.25, 0.3) is 5.69 Å². The van der Waals surface area contributed by atoms with Crippen molar-refractivity contribution in [3.63, 3.8) is 0 Å². The van der Waals surface area contributed by atoms with E-state index in [4.69, 9.17) is 0 Å². The average molecular weight is 277 g/mol.